The molecule has 3 heterocycles. The number of aromatic nitrogens is 4. The van der Waals surface area contributed by atoms with Gasteiger partial charge in [-0.05, 0) is 19.3 Å². The number of carbonyl (C=O) groups excluding carboxylic acids is 1. The molecule has 0 saturated carbocycles. The summed E-state index contributed by atoms with van der Waals surface area (Å²) in [6.45, 7) is 6.26. The molecule has 0 aliphatic carbocycles. The van der Waals surface area contributed by atoms with Gasteiger partial charge < -0.3 is 4.90 Å². The van der Waals surface area contributed by atoms with Gasteiger partial charge >= 0.3 is 0 Å². The van der Waals surface area contributed by atoms with Crippen LogP contribution in [0.4, 0.5) is 0 Å². The minimum absolute atomic E-state index is 0.139. The number of rotatable bonds is 4. The third-order valence-electron chi connectivity index (χ3n) is 4.32. The highest BCUT2D eigenvalue weighted by Crippen LogP contribution is 2.26. The van der Waals surface area contributed by atoms with E-state index in [1.54, 1.807) is 13.1 Å². The fraction of sp³-hybridized carbons (Fsp3) is 0.529. The van der Waals surface area contributed by atoms with Crippen LogP contribution in [0.2, 0.25) is 0 Å². The Kier molecular flexibility index (Phi) is 4.69. The monoisotopic (exact) mass is 313 g/mol. The standard InChI is InChI=1S/C17H23N5O/c1-3-6-22-12-15(8-19-22)17-10-18-9-16(20-17)14-5-4-7-21(11-14)13(2)23/h8-10,12,14H,3-7,11H2,1-2H3. The quantitative estimate of drug-likeness (QED) is 0.870. The minimum atomic E-state index is 0.139. The van der Waals surface area contributed by atoms with Gasteiger partial charge in [0.15, 0.2) is 0 Å². The van der Waals surface area contributed by atoms with E-state index >= 15 is 0 Å². The summed E-state index contributed by atoms with van der Waals surface area (Å²) in [6.07, 6.45) is 10.6. The first-order chi connectivity index (χ1) is 11.2. The highest BCUT2D eigenvalue weighted by Gasteiger charge is 2.24. The summed E-state index contributed by atoms with van der Waals surface area (Å²) in [5, 5.41) is 4.36. The van der Waals surface area contributed by atoms with Crippen molar-refractivity contribution in [3.63, 3.8) is 0 Å². The highest BCUT2D eigenvalue weighted by molar-refractivity contribution is 5.73. The molecule has 1 atom stereocenters. The summed E-state index contributed by atoms with van der Waals surface area (Å²) in [7, 11) is 0. The van der Waals surface area contributed by atoms with Gasteiger partial charge in [-0.15, -0.1) is 0 Å². The van der Waals surface area contributed by atoms with Crippen LogP contribution in [0.25, 0.3) is 11.3 Å². The number of piperidine rings is 1. The second kappa shape index (κ2) is 6.89. The lowest BCUT2D eigenvalue weighted by atomic mass is 9.95. The molecular formula is C17H23N5O. The number of aryl methyl sites for hydroxylation is 1. The van der Waals surface area contributed by atoms with Crippen LogP contribution >= 0.6 is 0 Å². The van der Waals surface area contributed by atoms with Crippen molar-refractivity contribution >= 4 is 5.91 Å². The van der Waals surface area contributed by atoms with E-state index in [-0.39, 0.29) is 11.8 Å². The lowest BCUT2D eigenvalue weighted by molar-refractivity contribution is -0.130. The van der Waals surface area contributed by atoms with Gasteiger partial charge in [0.2, 0.25) is 5.91 Å². The molecule has 6 heteroatoms. The van der Waals surface area contributed by atoms with Crippen LogP contribution < -0.4 is 0 Å². The molecule has 1 saturated heterocycles. The van der Waals surface area contributed by atoms with Gasteiger partial charge in [-0.1, -0.05) is 6.92 Å². The topological polar surface area (TPSA) is 63.9 Å². The van der Waals surface area contributed by atoms with Gasteiger partial charge in [-0.3, -0.25) is 14.5 Å². The second-order valence-corrected chi connectivity index (χ2v) is 6.13. The van der Waals surface area contributed by atoms with E-state index in [0.29, 0.717) is 0 Å². The molecule has 0 bridgehead atoms. The zero-order valence-corrected chi connectivity index (χ0v) is 13.8. The van der Waals surface area contributed by atoms with Gasteiger partial charge in [0.25, 0.3) is 0 Å². The Morgan fingerprint density at radius 2 is 2.22 bits per heavy atom. The number of likely N-dealkylation sites (tertiary alicyclic amines) is 1. The normalized spacial score (nSPS) is 18.2. The number of nitrogens with zero attached hydrogens (tertiary/aromatic N) is 5. The van der Waals surface area contributed by atoms with E-state index in [1.165, 1.54) is 0 Å². The predicted molar refractivity (Wildman–Crippen MR) is 87.8 cm³/mol. The van der Waals surface area contributed by atoms with Crippen molar-refractivity contribution in [1.29, 1.82) is 0 Å². The molecule has 1 fully saturated rings. The lowest BCUT2D eigenvalue weighted by Crippen LogP contribution is -2.37. The summed E-state index contributed by atoms with van der Waals surface area (Å²) in [5.74, 6) is 0.408. The molecule has 6 nitrogen and oxygen atoms in total. The molecule has 0 aromatic carbocycles. The zero-order valence-electron chi connectivity index (χ0n) is 13.8. The molecule has 1 amide bonds. The summed E-state index contributed by atoms with van der Waals surface area (Å²) < 4.78 is 1.93. The van der Waals surface area contributed by atoms with Crippen LogP contribution in [0.1, 0.15) is 44.7 Å². The van der Waals surface area contributed by atoms with E-state index in [1.807, 2.05) is 28.2 Å². The maximum absolute atomic E-state index is 11.6. The van der Waals surface area contributed by atoms with Crippen LogP contribution in [0.5, 0.6) is 0 Å². The van der Waals surface area contributed by atoms with Gasteiger partial charge in [0.05, 0.1) is 23.8 Å². The minimum Gasteiger partial charge on any atom is -0.342 e. The molecule has 0 N–H and O–H groups in total. The number of carbonyl (C=O) groups is 1. The fourth-order valence-electron chi connectivity index (χ4n) is 3.07. The first kappa shape index (κ1) is 15.6. The summed E-state index contributed by atoms with van der Waals surface area (Å²) in [6, 6.07) is 0. The van der Waals surface area contributed by atoms with E-state index in [4.69, 9.17) is 4.98 Å². The van der Waals surface area contributed by atoms with Crippen LogP contribution in [0.15, 0.2) is 24.8 Å². The summed E-state index contributed by atoms with van der Waals surface area (Å²) in [5.41, 5.74) is 2.81. The van der Waals surface area contributed by atoms with Crippen molar-refractivity contribution in [3.8, 4) is 11.3 Å². The van der Waals surface area contributed by atoms with Crippen LogP contribution in [-0.2, 0) is 11.3 Å². The molecule has 2 aromatic heterocycles. The first-order valence-electron chi connectivity index (χ1n) is 8.27. The van der Waals surface area contributed by atoms with Crippen LogP contribution in [0.3, 0.4) is 0 Å². The Bertz CT molecular complexity index is 681. The Balaban J connectivity index is 1.80. The zero-order chi connectivity index (χ0) is 16.2. The lowest BCUT2D eigenvalue weighted by Gasteiger charge is -2.31. The van der Waals surface area contributed by atoms with E-state index in [2.05, 4.69) is 17.0 Å². The Labute approximate surface area is 136 Å². The van der Waals surface area contributed by atoms with Gasteiger partial charge in [-0.2, -0.15) is 5.10 Å². The van der Waals surface area contributed by atoms with Crippen molar-refractivity contribution in [3.05, 3.63) is 30.5 Å². The number of hydrogen-bond acceptors (Lipinski definition) is 4. The largest absolute Gasteiger partial charge is 0.342 e. The van der Waals surface area contributed by atoms with Crippen molar-refractivity contribution in [2.75, 3.05) is 13.1 Å². The van der Waals surface area contributed by atoms with Crippen LogP contribution in [0, 0.1) is 0 Å². The molecule has 1 aliphatic rings. The molecule has 3 rings (SSSR count). The molecule has 1 unspecified atom stereocenters. The van der Waals surface area contributed by atoms with Gasteiger partial charge in [-0.25, -0.2) is 4.98 Å². The fourth-order valence-corrected chi connectivity index (χ4v) is 3.07. The third-order valence-corrected chi connectivity index (χ3v) is 4.32. The predicted octanol–water partition coefficient (Wildman–Crippen LogP) is 2.48. The summed E-state index contributed by atoms with van der Waals surface area (Å²) in [4.78, 5) is 22.7. The molecule has 23 heavy (non-hydrogen) atoms. The van der Waals surface area contributed by atoms with E-state index in [0.717, 1.165) is 55.8 Å². The smallest absolute Gasteiger partial charge is 0.219 e. The number of amides is 1. The first-order valence-corrected chi connectivity index (χ1v) is 8.27. The Morgan fingerprint density at radius 3 is 3.00 bits per heavy atom. The molecule has 1 aliphatic heterocycles. The van der Waals surface area contributed by atoms with Crippen LogP contribution in [-0.4, -0.2) is 43.6 Å². The maximum Gasteiger partial charge on any atom is 0.219 e. The molecule has 0 radical (unpaired) electrons. The highest BCUT2D eigenvalue weighted by atomic mass is 16.2. The average Bonchev–Trinajstić information content (AvgIpc) is 3.04. The van der Waals surface area contributed by atoms with Crippen molar-refractivity contribution < 1.29 is 4.79 Å². The third kappa shape index (κ3) is 3.57. The average molecular weight is 313 g/mol. The van der Waals surface area contributed by atoms with E-state index in [9.17, 15) is 4.79 Å². The van der Waals surface area contributed by atoms with Crippen molar-refractivity contribution in [1.82, 2.24) is 24.6 Å². The summed E-state index contributed by atoms with van der Waals surface area (Å²) >= 11 is 0. The Morgan fingerprint density at radius 1 is 1.35 bits per heavy atom. The SMILES string of the molecule is CCCn1cc(-c2cncc(C3CCCN(C(C)=O)C3)n2)cn1. The molecule has 2 aromatic rings. The molecule has 0 spiro atoms. The van der Waals surface area contributed by atoms with Crippen molar-refractivity contribution in [2.45, 2.75) is 45.6 Å². The van der Waals surface area contributed by atoms with Gasteiger partial charge in [0.1, 0.15) is 0 Å². The molecule has 122 valence electrons. The van der Waals surface area contributed by atoms with E-state index < -0.39 is 0 Å². The number of hydrogen-bond donors (Lipinski definition) is 0. The Hall–Kier alpha value is -2.24. The second-order valence-electron chi connectivity index (χ2n) is 6.13. The van der Waals surface area contributed by atoms with Crippen molar-refractivity contribution in [2.24, 2.45) is 0 Å². The maximum atomic E-state index is 11.6. The molecular weight excluding hydrogens is 290 g/mol. The van der Waals surface area contributed by atoms with Gasteiger partial charge in [0, 0.05) is 50.4 Å².